The Morgan fingerprint density at radius 1 is 1.07 bits per heavy atom. The van der Waals surface area contributed by atoms with Crippen LogP contribution < -0.4 is 21.5 Å². The highest BCUT2D eigenvalue weighted by atomic mass is 16.6. The SMILES string of the molecule is CCOC(=O)N1CCC(Nc2c(NCCCN3CCCC3)c(=O)c2=O)CC1. The first-order chi connectivity index (χ1) is 13.1. The van der Waals surface area contributed by atoms with Gasteiger partial charge in [-0.05, 0) is 58.7 Å². The molecule has 1 aromatic carbocycles. The minimum Gasteiger partial charge on any atom is -0.450 e. The molecular weight excluding hydrogens is 348 g/mol. The van der Waals surface area contributed by atoms with Gasteiger partial charge in [0.2, 0.25) is 0 Å². The van der Waals surface area contributed by atoms with Gasteiger partial charge in [-0.1, -0.05) is 0 Å². The first-order valence-corrected chi connectivity index (χ1v) is 10.1. The van der Waals surface area contributed by atoms with Crippen molar-refractivity contribution in [3.05, 3.63) is 20.4 Å². The molecule has 1 aromatic rings. The summed E-state index contributed by atoms with van der Waals surface area (Å²) >= 11 is 0. The van der Waals surface area contributed by atoms with Crippen LogP contribution in [0.25, 0.3) is 0 Å². The maximum Gasteiger partial charge on any atom is 0.409 e. The van der Waals surface area contributed by atoms with E-state index in [0.717, 1.165) is 38.9 Å². The van der Waals surface area contributed by atoms with Gasteiger partial charge in [0.1, 0.15) is 11.4 Å². The zero-order valence-corrected chi connectivity index (χ0v) is 16.1. The smallest absolute Gasteiger partial charge is 0.409 e. The fraction of sp³-hybridized carbons (Fsp3) is 0.737. The molecule has 27 heavy (non-hydrogen) atoms. The largest absolute Gasteiger partial charge is 0.450 e. The molecule has 0 saturated carbocycles. The number of nitrogens with zero attached hydrogens (tertiary/aromatic N) is 2. The molecule has 1 amide bonds. The molecule has 0 spiro atoms. The van der Waals surface area contributed by atoms with Gasteiger partial charge in [0.05, 0.1) is 6.61 Å². The summed E-state index contributed by atoms with van der Waals surface area (Å²) in [6.45, 7) is 7.38. The van der Waals surface area contributed by atoms with Crippen molar-refractivity contribution >= 4 is 17.5 Å². The standard InChI is InChI=1S/C19H30N4O4/c1-2-27-19(26)23-12-6-14(7-13-23)21-16-15(17(24)18(16)25)20-8-5-11-22-9-3-4-10-22/h14,20-21H,2-13H2,1H3. The molecule has 2 saturated heterocycles. The van der Waals surface area contributed by atoms with Crippen molar-refractivity contribution in [1.29, 1.82) is 0 Å². The van der Waals surface area contributed by atoms with Gasteiger partial charge in [0.25, 0.3) is 10.9 Å². The lowest BCUT2D eigenvalue weighted by Crippen LogP contribution is -2.45. The average molecular weight is 378 g/mol. The van der Waals surface area contributed by atoms with E-state index >= 15 is 0 Å². The first kappa shape index (κ1) is 19.7. The van der Waals surface area contributed by atoms with E-state index in [1.54, 1.807) is 11.8 Å². The lowest BCUT2D eigenvalue weighted by atomic mass is 10.0. The molecule has 2 fully saturated rings. The number of ether oxygens (including phenoxy) is 1. The van der Waals surface area contributed by atoms with Crippen LogP contribution in [-0.2, 0) is 4.74 Å². The maximum atomic E-state index is 11.9. The van der Waals surface area contributed by atoms with Gasteiger partial charge >= 0.3 is 6.09 Å². The van der Waals surface area contributed by atoms with Crippen molar-refractivity contribution in [2.45, 2.75) is 45.1 Å². The van der Waals surface area contributed by atoms with E-state index < -0.39 is 10.9 Å². The summed E-state index contributed by atoms with van der Waals surface area (Å²) in [6, 6.07) is 0.0872. The monoisotopic (exact) mass is 378 g/mol. The molecule has 0 aromatic heterocycles. The molecule has 2 aliphatic rings. The van der Waals surface area contributed by atoms with Gasteiger partial charge in [-0.3, -0.25) is 9.59 Å². The lowest BCUT2D eigenvalue weighted by molar-refractivity contribution is 0.0983. The third kappa shape index (κ3) is 4.80. The van der Waals surface area contributed by atoms with Crippen LogP contribution in [0.1, 0.15) is 39.0 Å². The number of carbonyl (C=O) groups excluding carboxylic acids is 1. The summed E-state index contributed by atoms with van der Waals surface area (Å²) in [5, 5.41) is 6.36. The topological polar surface area (TPSA) is 91.0 Å². The number of likely N-dealkylation sites (tertiary alicyclic amines) is 2. The van der Waals surface area contributed by atoms with Gasteiger partial charge in [-0.15, -0.1) is 0 Å². The number of hydrogen-bond donors (Lipinski definition) is 2. The predicted molar refractivity (Wildman–Crippen MR) is 105 cm³/mol. The Labute approximate surface area is 159 Å². The molecule has 2 N–H and O–H groups in total. The second-order valence-corrected chi connectivity index (χ2v) is 7.34. The molecule has 150 valence electrons. The normalized spacial score (nSPS) is 18.8. The number of nitrogens with one attached hydrogen (secondary N) is 2. The summed E-state index contributed by atoms with van der Waals surface area (Å²) in [7, 11) is 0. The predicted octanol–water partition coefficient (Wildman–Crippen LogP) is 1.21. The van der Waals surface area contributed by atoms with Gasteiger partial charge < -0.3 is 25.2 Å². The number of rotatable bonds is 8. The van der Waals surface area contributed by atoms with E-state index in [1.807, 2.05) is 0 Å². The van der Waals surface area contributed by atoms with Crippen LogP contribution >= 0.6 is 0 Å². The highest BCUT2D eigenvalue weighted by Crippen LogP contribution is 2.20. The zero-order chi connectivity index (χ0) is 19.2. The fourth-order valence-corrected chi connectivity index (χ4v) is 3.85. The summed E-state index contributed by atoms with van der Waals surface area (Å²) in [4.78, 5) is 39.7. The average Bonchev–Trinajstić information content (AvgIpc) is 3.20. The first-order valence-electron chi connectivity index (χ1n) is 10.1. The van der Waals surface area contributed by atoms with Crippen LogP contribution in [0.4, 0.5) is 16.2 Å². The summed E-state index contributed by atoms with van der Waals surface area (Å²) in [5.74, 6) is 0. The second-order valence-electron chi connectivity index (χ2n) is 7.34. The van der Waals surface area contributed by atoms with Crippen LogP contribution in [0.15, 0.2) is 9.59 Å². The Kier molecular flexibility index (Phi) is 6.71. The van der Waals surface area contributed by atoms with Crippen molar-refractivity contribution < 1.29 is 9.53 Å². The second kappa shape index (κ2) is 9.21. The van der Waals surface area contributed by atoms with E-state index in [2.05, 4.69) is 15.5 Å². The van der Waals surface area contributed by atoms with Gasteiger partial charge in [0, 0.05) is 25.7 Å². The highest BCUT2D eigenvalue weighted by Gasteiger charge is 2.27. The van der Waals surface area contributed by atoms with Gasteiger partial charge in [-0.25, -0.2) is 4.79 Å². The molecule has 0 bridgehead atoms. The number of carbonyl (C=O) groups is 1. The lowest BCUT2D eigenvalue weighted by Gasteiger charge is -2.32. The minimum atomic E-state index is -0.440. The maximum absolute atomic E-state index is 11.9. The molecule has 2 aliphatic heterocycles. The Hall–Kier alpha value is -2.09. The van der Waals surface area contributed by atoms with Crippen molar-refractivity contribution in [3.63, 3.8) is 0 Å². The number of hydrogen-bond acceptors (Lipinski definition) is 7. The van der Waals surface area contributed by atoms with E-state index in [0.29, 0.717) is 37.6 Å². The quantitative estimate of drug-likeness (QED) is 0.519. The molecule has 0 unspecified atom stereocenters. The van der Waals surface area contributed by atoms with E-state index in [1.165, 1.54) is 12.8 Å². The Morgan fingerprint density at radius 3 is 2.41 bits per heavy atom. The Morgan fingerprint density at radius 2 is 1.74 bits per heavy atom. The third-order valence-electron chi connectivity index (χ3n) is 5.43. The van der Waals surface area contributed by atoms with Crippen molar-refractivity contribution in [2.75, 3.05) is 56.5 Å². The molecule has 2 heterocycles. The summed E-state index contributed by atoms with van der Waals surface area (Å²) in [6.07, 6.45) is 4.67. The molecule has 8 nitrogen and oxygen atoms in total. The van der Waals surface area contributed by atoms with E-state index in [9.17, 15) is 14.4 Å². The molecule has 8 heteroatoms. The van der Waals surface area contributed by atoms with E-state index in [-0.39, 0.29) is 12.1 Å². The van der Waals surface area contributed by atoms with E-state index in [4.69, 9.17) is 4.74 Å². The zero-order valence-electron chi connectivity index (χ0n) is 16.1. The summed E-state index contributed by atoms with van der Waals surface area (Å²) < 4.78 is 5.02. The Bertz CT molecular complexity index is 699. The fourth-order valence-electron chi connectivity index (χ4n) is 3.85. The van der Waals surface area contributed by atoms with Gasteiger partial charge in [-0.2, -0.15) is 0 Å². The van der Waals surface area contributed by atoms with Crippen LogP contribution in [0.3, 0.4) is 0 Å². The van der Waals surface area contributed by atoms with Crippen LogP contribution in [0.5, 0.6) is 0 Å². The van der Waals surface area contributed by atoms with Crippen molar-refractivity contribution in [1.82, 2.24) is 9.80 Å². The Balaban J connectivity index is 1.44. The van der Waals surface area contributed by atoms with Crippen LogP contribution in [0, 0.1) is 0 Å². The molecule has 0 atom stereocenters. The van der Waals surface area contributed by atoms with Crippen LogP contribution in [0.2, 0.25) is 0 Å². The highest BCUT2D eigenvalue weighted by molar-refractivity contribution is 5.74. The minimum absolute atomic E-state index is 0.0872. The molecule has 3 rings (SSSR count). The van der Waals surface area contributed by atoms with Gasteiger partial charge in [0.15, 0.2) is 0 Å². The number of anilines is 2. The molecule has 0 radical (unpaired) electrons. The van der Waals surface area contributed by atoms with Crippen molar-refractivity contribution in [2.24, 2.45) is 0 Å². The molecule has 0 aliphatic carbocycles. The number of piperidine rings is 1. The van der Waals surface area contributed by atoms with Crippen LogP contribution in [-0.4, -0.2) is 67.8 Å². The molecular formula is C19H30N4O4. The number of amides is 1. The van der Waals surface area contributed by atoms with Crippen molar-refractivity contribution in [3.8, 4) is 0 Å². The third-order valence-corrected chi connectivity index (χ3v) is 5.43. The summed E-state index contributed by atoms with van der Waals surface area (Å²) in [5.41, 5.74) is -0.0301.